The Hall–Kier alpha value is -2.12. The number of methoxy groups -OCH3 is 1. The first kappa shape index (κ1) is 16.3. The molecule has 0 bridgehead atoms. The maximum atomic E-state index is 13.6. The second-order valence-corrected chi connectivity index (χ2v) is 6.28. The third-order valence-electron chi connectivity index (χ3n) is 2.75. The number of ether oxygens (including phenoxy) is 1. The molecule has 0 atom stereocenters. The minimum Gasteiger partial charge on any atom is -0.465 e. The number of rotatable bonds is 4. The van der Waals surface area contributed by atoms with Gasteiger partial charge >= 0.3 is 5.97 Å². The molecule has 0 amide bonds. The van der Waals surface area contributed by atoms with E-state index in [1.54, 1.807) is 0 Å². The average Bonchev–Trinajstić information content (AvgIpc) is 2.48. The summed E-state index contributed by atoms with van der Waals surface area (Å²) in [7, 11) is -2.95. The van der Waals surface area contributed by atoms with E-state index in [4.69, 9.17) is 11.6 Å². The van der Waals surface area contributed by atoms with Gasteiger partial charge < -0.3 is 4.74 Å². The SMILES string of the molecule is COC(=O)c1cc(NS(=O)(=O)c2ccccc2F)ccc1Cl. The number of carbonyl (C=O) groups excluding carboxylic acids is 1. The van der Waals surface area contributed by atoms with Crippen LogP contribution in [0, 0.1) is 5.82 Å². The molecule has 8 heteroatoms. The van der Waals surface area contributed by atoms with Gasteiger partial charge in [0.05, 0.1) is 17.7 Å². The Morgan fingerprint density at radius 2 is 1.91 bits per heavy atom. The van der Waals surface area contributed by atoms with Gasteiger partial charge in [0.1, 0.15) is 10.7 Å². The molecule has 0 saturated heterocycles. The predicted octanol–water partition coefficient (Wildman–Crippen LogP) is 3.07. The first-order valence-corrected chi connectivity index (χ1v) is 7.86. The van der Waals surface area contributed by atoms with Crippen molar-refractivity contribution in [3.63, 3.8) is 0 Å². The van der Waals surface area contributed by atoms with E-state index >= 15 is 0 Å². The van der Waals surface area contributed by atoms with Crippen LogP contribution in [0.15, 0.2) is 47.4 Å². The van der Waals surface area contributed by atoms with Gasteiger partial charge in [-0.1, -0.05) is 23.7 Å². The predicted molar refractivity (Wildman–Crippen MR) is 80.0 cm³/mol. The van der Waals surface area contributed by atoms with Crippen molar-refractivity contribution in [2.24, 2.45) is 0 Å². The summed E-state index contributed by atoms with van der Waals surface area (Å²) in [6.07, 6.45) is 0. The molecule has 0 saturated carbocycles. The lowest BCUT2D eigenvalue weighted by Crippen LogP contribution is -2.15. The largest absolute Gasteiger partial charge is 0.465 e. The summed E-state index contributed by atoms with van der Waals surface area (Å²) in [6.45, 7) is 0. The number of hydrogen-bond acceptors (Lipinski definition) is 4. The Kier molecular flexibility index (Phi) is 4.68. The molecule has 0 heterocycles. The van der Waals surface area contributed by atoms with Gasteiger partial charge in [0.2, 0.25) is 0 Å². The van der Waals surface area contributed by atoms with Crippen molar-refractivity contribution in [3.05, 3.63) is 58.9 Å². The van der Waals surface area contributed by atoms with Crippen LogP contribution < -0.4 is 4.72 Å². The lowest BCUT2D eigenvalue weighted by molar-refractivity contribution is 0.0601. The van der Waals surface area contributed by atoms with Crippen molar-refractivity contribution < 1.29 is 22.3 Å². The number of sulfonamides is 1. The lowest BCUT2D eigenvalue weighted by Gasteiger charge is -2.10. The van der Waals surface area contributed by atoms with E-state index in [-0.39, 0.29) is 16.3 Å². The van der Waals surface area contributed by atoms with Crippen molar-refractivity contribution in [1.29, 1.82) is 0 Å². The van der Waals surface area contributed by atoms with Crippen LogP contribution in [0.1, 0.15) is 10.4 Å². The summed E-state index contributed by atoms with van der Waals surface area (Å²) < 4.78 is 44.6. The van der Waals surface area contributed by atoms with Gasteiger partial charge in [-0.3, -0.25) is 4.72 Å². The zero-order valence-corrected chi connectivity index (χ0v) is 12.9. The smallest absolute Gasteiger partial charge is 0.339 e. The number of halogens is 2. The van der Waals surface area contributed by atoms with Gasteiger partial charge in [0.25, 0.3) is 10.0 Å². The summed E-state index contributed by atoms with van der Waals surface area (Å²) in [6, 6.07) is 8.86. The quantitative estimate of drug-likeness (QED) is 0.866. The maximum absolute atomic E-state index is 13.6. The van der Waals surface area contributed by atoms with Crippen LogP contribution >= 0.6 is 11.6 Å². The lowest BCUT2D eigenvalue weighted by atomic mass is 10.2. The Bertz CT molecular complexity index is 823. The monoisotopic (exact) mass is 343 g/mol. The Balaban J connectivity index is 2.39. The Morgan fingerprint density at radius 3 is 2.55 bits per heavy atom. The van der Waals surface area contributed by atoms with Crippen molar-refractivity contribution in [1.82, 2.24) is 0 Å². The summed E-state index contributed by atoms with van der Waals surface area (Å²) in [5.74, 6) is -1.59. The highest BCUT2D eigenvalue weighted by Crippen LogP contribution is 2.24. The van der Waals surface area contributed by atoms with Crippen LogP contribution in [0.25, 0.3) is 0 Å². The number of anilines is 1. The molecular weight excluding hydrogens is 333 g/mol. The van der Waals surface area contributed by atoms with Crippen LogP contribution in [0.5, 0.6) is 0 Å². The molecule has 0 fully saturated rings. The summed E-state index contributed by atoms with van der Waals surface area (Å²) in [4.78, 5) is 11.0. The van der Waals surface area contributed by atoms with Crippen LogP contribution in [0.2, 0.25) is 5.02 Å². The third-order valence-corrected chi connectivity index (χ3v) is 4.49. The Morgan fingerprint density at radius 1 is 1.23 bits per heavy atom. The molecule has 0 unspecified atom stereocenters. The Labute approximate surface area is 131 Å². The molecule has 2 aromatic rings. The first-order chi connectivity index (χ1) is 10.3. The number of benzene rings is 2. The molecule has 2 aromatic carbocycles. The third kappa shape index (κ3) is 3.37. The molecular formula is C14H11ClFNO4S. The van der Waals surface area contributed by atoms with Crippen molar-refractivity contribution in [2.75, 3.05) is 11.8 Å². The van der Waals surface area contributed by atoms with E-state index in [2.05, 4.69) is 9.46 Å². The molecule has 0 aliphatic heterocycles. The second kappa shape index (κ2) is 6.33. The first-order valence-electron chi connectivity index (χ1n) is 6.00. The molecule has 0 radical (unpaired) electrons. The highest BCUT2D eigenvalue weighted by Gasteiger charge is 2.20. The molecule has 22 heavy (non-hydrogen) atoms. The van der Waals surface area contributed by atoms with E-state index < -0.39 is 26.7 Å². The zero-order chi connectivity index (χ0) is 16.3. The second-order valence-electron chi connectivity index (χ2n) is 4.22. The fourth-order valence-electron chi connectivity index (χ4n) is 1.73. The van der Waals surface area contributed by atoms with E-state index in [1.165, 1.54) is 37.4 Å². The highest BCUT2D eigenvalue weighted by molar-refractivity contribution is 7.92. The van der Waals surface area contributed by atoms with E-state index in [0.29, 0.717) is 0 Å². The van der Waals surface area contributed by atoms with Crippen molar-refractivity contribution >= 4 is 33.3 Å². The van der Waals surface area contributed by atoms with Gasteiger partial charge in [-0.2, -0.15) is 0 Å². The number of esters is 1. The molecule has 116 valence electrons. The molecule has 5 nitrogen and oxygen atoms in total. The molecule has 2 rings (SSSR count). The van der Waals surface area contributed by atoms with E-state index in [1.807, 2.05) is 0 Å². The van der Waals surface area contributed by atoms with Crippen molar-refractivity contribution in [3.8, 4) is 0 Å². The average molecular weight is 344 g/mol. The topological polar surface area (TPSA) is 72.5 Å². The van der Waals surface area contributed by atoms with Gasteiger partial charge in [0, 0.05) is 5.69 Å². The van der Waals surface area contributed by atoms with Gasteiger partial charge in [-0.05, 0) is 30.3 Å². The van der Waals surface area contributed by atoms with Crippen LogP contribution in [0.3, 0.4) is 0 Å². The number of nitrogens with one attached hydrogen (secondary N) is 1. The zero-order valence-electron chi connectivity index (χ0n) is 11.3. The molecule has 0 aliphatic rings. The van der Waals surface area contributed by atoms with Gasteiger partial charge in [-0.25, -0.2) is 17.6 Å². The number of carbonyl (C=O) groups is 1. The molecule has 0 aromatic heterocycles. The van der Waals surface area contributed by atoms with Crippen LogP contribution in [-0.4, -0.2) is 21.5 Å². The van der Waals surface area contributed by atoms with Gasteiger partial charge in [-0.15, -0.1) is 0 Å². The van der Waals surface area contributed by atoms with Crippen molar-refractivity contribution in [2.45, 2.75) is 4.90 Å². The summed E-state index contributed by atoms with van der Waals surface area (Å²) >= 11 is 5.85. The molecule has 0 aliphatic carbocycles. The van der Waals surface area contributed by atoms with Crippen LogP contribution in [-0.2, 0) is 14.8 Å². The highest BCUT2D eigenvalue weighted by atomic mass is 35.5. The molecule has 0 spiro atoms. The standard InChI is InChI=1S/C14H11ClFNO4S/c1-21-14(18)10-8-9(6-7-11(10)15)17-22(19,20)13-5-3-2-4-12(13)16/h2-8,17H,1H3. The fraction of sp³-hybridized carbons (Fsp3) is 0.0714. The molecule has 1 N–H and O–H groups in total. The van der Waals surface area contributed by atoms with Gasteiger partial charge in [0.15, 0.2) is 0 Å². The minimum absolute atomic E-state index is 0.00194. The summed E-state index contributed by atoms with van der Waals surface area (Å²) in [5.41, 5.74) is 0.0611. The minimum atomic E-state index is -4.13. The van der Waals surface area contributed by atoms with E-state index in [9.17, 15) is 17.6 Å². The summed E-state index contributed by atoms with van der Waals surface area (Å²) in [5, 5.41) is 0.112. The normalized spacial score (nSPS) is 11.0. The van der Waals surface area contributed by atoms with E-state index in [0.717, 1.165) is 12.1 Å². The maximum Gasteiger partial charge on any atom is 0.339 e. The van der Waals surface area contributed by atoms with Crippen LogP contribution in [0.4, 0.5) is 10.1 Å². The fourth-order valence-corrected chi connectivity index (χ4v) is 3.05. The number of hydrogen-bond donors (Lipinski definition) is 1.